The van der Waals surface area contributed by atoms with E-state index in [2.05, 4.69) is 6.07 Å². The van der Waals surface area contributed by atoms with Gasteiger partial charge in [-0.2, -0.15) is 4.98 Å². The summed E-state index contributed by atoms with van der Waals surface area (Å²) in [4.78, 5) is 42.2. The van der Waals surface area contributed by atoms with Crippen molar-refractivity contribution in [1.29, 1.82) is 0 Å². The van der Waals surface area contributed by atoms with Crippen LogP contribution in [0.3, 0.4) is 0 Å². The fourth-order valence-corrected chi connectivity index (χ4v) is 4.30. The Morgan fingerprint density at radius 2 is 1.79 bits per heavy atom. The molecule has 166 valence electrons. The van der Waals surface area contributed by atoms with E-state index in [0.29, 0.717) is 5.78 Å². The Balaban J connectivity index is 1.96. The summed E-state index contributed by atoms with van der Waals surface area (Å²) < 4.78 is 5.76. The van der Waals surface area contributed by atoms with Crippen LogP contribution in [0.15, 0.2) is 64.3 Å². The highest BCUT2D eigenvalue weighted by atomic mass is 16.2. The number of carbonyl (C=O) groups is 1. The van der Waals surface area contributed by atoms with Crippen LogP contribution < -0.4 is 17.0 Å². The first-order chi connectivity index (χ1) is 15.8. The van der Waals surface area contributed by atoms with Crippen molar-refractivity contribution in [3.8, 4) is 16.9 Å². The molecule has 0 fully saturated rings. The lowest BCUT2D eigenvalue weighted by molar-refractivity contribution is -0.118. The SMILES string of the molecule is Cc1ccc(-n2c(-c3ccccc3)cn3c4c(=O)n(CC(N)=O)c(=O)n(C)c4nc23)c(C)c1. The van der Waals surface area contributed by atoms with Crippen LogP contribution in [0.25, 0.3) is 33.9 Å². The van der Waals surface area contributed by atoms with E-state index in [0.717, 1.165) is 32.6 Å². The van der Waals surface area contributed by atoms with E-state index in [1.807, 2.05) is 67.1 Å². The minimum absolute atomic E-state index is 0.203. The number of aromatic nitrogens is 5. The highest BCUT2D eigenvalue weighted by Crippen LogP contribution is 2.30. The van der Waals surface area contributed by atoms with Crippen LogP contribution in [-0.4, -0.2) is 29.0 Å². The topological polar surface area (TPSA) is 109 Å². The van der Waals surface area contributed by atoms with Gasteiger partial charge in [0.15, 0.2) is 11.2 Å². The number of fused-ring (bicyclic) bond motifs is 3. The molecular weight excluding hydrogens is 420 g/mol. The van der Waals surface area contributed by atoms with Gasteiger partial charge in [0.05, 0.1) is 11.4 Å². The second kappa shape index (κ2) is 7.33. The number of nitrogens with zero attached hydrogens (tertiary/aromatic N) is 5. The van der Waals surface area contributed by atoms with Crippen LogP contribution >= 0.6 is 0 Å². The minimum atomic E-state index is -0.771. The van der Waals surface area contributed by atoms with Gasteiger partial charge in [-0.05, 0) is 25.5 Å². The zero-order valence-electron chi connectivity index (χ0n) is 18.4. The molecule has 2 N–H and O–H groups in total. The second-order valence-corrected chi connectivity index (χ2v) is 8.16. The van der Waals surface area contributed by atoms with Gasteiger partial charge in [0.1, 0.15) is 6.54 Å². The molecule has 5 rings (SSSR count). The molecule has 33 heavy (non-hydrogen) atoms. The first kappa shape index (κ1) is 20.5. The molecular formula is C24H22N6O3. The molecule has 9 heteroatoms. The fraction of sp³-hybridized carbons (Fsp3) is 0.167. The third-order valence-electron chi connectivity index (χ3n) is 5.83. The molecule has 0 atom stereocenters. The van der Waals surface area contributed by atoms with Crippen molar-refractivity contribution in [3.63, 3.8) is 0 Å². The molecule has 0 saturated carbocycles. The first-order valence-electron chi connectivity index (χ1n) is 10.4. The summed E-state index contributed by atoms with van der Waals surface area (Å²) in [5.41, 5.74) is 9.32. The number of benzene rings is 2. The molecule has 0 radical (unpaired) electrons. The number of primary amides is 1. The van der Waals surface area contributed by atoms with Crippen molar-refractivity contribution >= 4 is 22.8 Å². The van der Waals surface area contributed by atoms with Crippen LogP contribution in [0, 0.1) is 13.8 Å². The first-order valence-corrected chi connectivity index (χ1v) is 10.4. The van der Waals surface area contributed by atoms with Gasteiger partial charge < -0.3 is 5.73 Å². The van der Waals surface area contributed by atoms with E-state index in [4.69, 9.17) is 10.7 Å². The van der Waals surface area contributed by atoms with Crippen molar-refractivity contribution in [2.24, 2.45) is 12.8 Å². The van der Waals surface area contributed by atoms with Crippen molar-refractivity contribution < 1.29 is 4.79 Å². The third kappa shape index (κ3) is 3.08. The summed E-state index contributed by atoms with van der Waals surface area (Å²) in [7, 11) is 1.52. The maximum absolute atomic E-state index is 13.3. The van der Waals surface area contributed by atoms with Gasteiger partial charge in [-0.15, -0.1) is 0 Å². The maximum Gasteiger partial charge on any atom is 0.332 e. The van der Waals surface area contributed by atoms with E-state index in [9.17, 15) is 14.4 Å². The molecule has 2 aromatic carbocycles. The largest absolute Gasteiger partial charge is 0.368 e. The Kier molecular flexibility index (Phi) is 4.56. The molecule has 0 aliphatic rings. The molecule has 0 saturated heterocycles. The molecule has 9 nitrogen and oxygen atoms in total. The van der Waals surface area contributed by atoms with E-state index in [1.165, 1.54) is 11.6 Å². The summed E-state index contributed by atoms with van der Waals surface area (Å²) >= 11 is 0. The minimum Gasteiger partial charge on any atom is -0.368 e. The van der Waals surface area contributed by atoms with Gasteiger partial charge in [0, 0.05) is 18.8 Å². The van der Waals surface area contributed by atoms with E-state index >= 15 is 0 Å². The Hall–Kier alpha value is -4.40. The number of hydrogen-bond acceptors (Lipinski definition) is 4. The summed E-state index contributed by atoms with van der Waals surface area (Å²) in [5, 5.41) is 0. The molecule has 1 amide bonds. The average molecular weight is 442 g/mol. The Morgan fingerprint density at radius 3 is 2.45 bits per heavy atom. The van der Waals surface area contributed by atoms with Crippen LogP contribution in [0.2, 0.25) is 0 Å². The van der Waals surface area contributed by atoms with Crippen molar-refractivity contribution in [1.82, 2.24) is 23.1 Å². The molecule has 0 aliphatic carbocycles. The highest BCUT2D eigenvalue weighted by Gasteiger charge is 2.23. The number of rotatable bonds is 4. The predicted octanol–water partition coefficient (Wildman–Crippen LogP) is 1.91. The number of amides is 1. The smallest absolute Gasteiger partial charge is 0.332 e. The molecule has 5 aromatic rings. The Morgan fingerprint density at radius 1 is 1.06 bits per heavy atom. The van der Waals surface area contributed by atoms with E-state index in [1.54, 1.807) is 4.40 Å². The number of nitrogens with two attached hydrogens (primary N) is 1. The average Bonchev–Trinajstić information content (AvgIpc) is 3.32. The highest BCUT2D eigenvalue weighted by molar-refractivity contribution is 5.80. The Labute approximate surface area is 187 Å². The van der Waals surface area contributed by atoms with Crippen LogP contribution in [-0.2, 0) is 18.4 Å². The third-order valence-corrected chi connectivity index (χ3v) is 5.83. The van der Waals surface area contributed by atoms with Gasteiger partial charge >= 0.3 is 5.69 Å². The zero-order chi connectivity index (χ0) is 23.4. The van der Waals surface area contributed by atoms with Gasteiger partial charge in [0.2, 0.25) is 11.7 Å². The maximum atomic E-state index is 13.3. The Bertz CT molecular complexity index is 1690. The van der Waals surface area contributed by atoms with Crippen LogP contribution in [0.1, 0.15) is 11.1 Å². The standard InChI is InChI=1S/C24H22N6O3/c1-14-9-10-17(15(2)11-14)30-18(16-7-5-4-6-8-16)12-28-20-21(26-23(28)30)27(3)24(33)29(22(20)32)13-19(25)31/h4-12H,13H2,1-3H3,(H2,25,31). The summed E-state index contributed by atoms with van der Waals surface area (Å²) in [6.45, 7) is 3.55. The molecule has 3 aromatic heterocycles. The van der Waals surface area contributed by atoms with Crippen LogP contribution in [0.4, 0.5) is 0 Å². The normalized spacial score (nSPS) is 11.5. The summed E-state index contributed by atoms with van der Waals surface area (Å²) in [6, 6.07) is 15.9. The van der Waals surface area contributed by atoms with Gasteiger partial charge in [-0.25, -0.2) is 9.36 Å². The molecule has 3 heterocycles. The number of aryl methyl sites for hydroxylation is 3. The van der Waals surface area contributed by atoms with Gasteiger partial charge in [-0.1, -0.05) is 48.0 Å². The van der Waals surface area contributed by atoms with Gasteiger partial charge in [-0.3, -0.25) is 23.1 Å². The number of carbonyl (C=O) groups excluding carboxylic acids is 1. The van der Waals surface area contributed by atoms with E-state index < -0.39 is 23.7 Å². The second-order valence-electron chi connectivity index (χ2n) is 8.16. The quantitative estimate of drug-likeness (QED) is 0.458. The molecule has 0 unspecified atom stereocenters. The fourth-order valence-electron chi connectivity index (χ4n) is 4.30. The molecule has 0 bridgehead atoms. The lowest BCUT2D eigenvalue weighted by Gasteiger charge is -2.12. The van der Waals surface area contributed by atoms with Crippen LogP contribution in [0.5, 0.6) is 0 Å². The lowest BCUT2D eigenvalue weighted by Crippen LogP contribution is -2.42. The molecule has 0 spiro atoms. The van der Waals surface area contributed by atoms with E-state index in [-0.39, 0.29) is 11.2 Å². The van der Waals surface area contributed by atoms with Crippen molar-refractivity contribution in [3.05, 3.63) is 86.7 Å². The van der Waals surface area contributed by atoms with Crippen molar-refractivity contribution in [2.45, 2.75) is 20.4 Å². The van der Waals surface area contributed by atoms with Crippen molar-refractivity contribution in [2.75, 3.05) is 0 Å². The summed E-state index contributed by atoms with van der Waals surface area (Å²) in [5.74, 6) is -0.285. The van der Waals surface area contributed by atoms with Gasteiger partial charge in [0.25, 0.3) is 5.56 Å². The molecule has 0 aliphatic heterocycles. The number of imidazole rings is 2. The summed E-state index contributed by atoms with van der Waals surface area (Å²) in [6.07, 6.45) is 1.83. The zero-order valence-corrected chi connectivity index (χ0v) is 18.4. The lowest BCUT2D eigenvalue weighted by atomic mass is 10.1. The monoisotopic (exact) mass is 442 g/mol. The number of hydrogen-bond donors (Lipinski definition) is 1. The predicted molar refractivity (Wildman–Crippen MR) is 126 cm³/mol.